The predicted octanol–water partition coefficient (Wildman–Crippen LogP) is 4.73. The van der Waals surface area contributed by atoms with E-state index in [4.69, 9.17) is 0 Å². The predicted molar refractivity (Wildman–Crippen MR) is 115 cm³/mol. The van der Waals surface area contributed by atoms with Gasteiger partial charge in [0.1, 0.15) is 12.4 Å². The average Bonchev–Trinajstić information content (AvgIpc) is 2.70. The van der Waals surface area contributed by atoms with Gasteiger partial charge in [-0.3, -0.25) is 9.10 Å². The molecule has 0 heterocycles. The number of anilines is 2. The molecular weight excluding hydrogens is 459 g/mol. The molecule has 0 spiro atoms. The summed E-state index contributed by atoms with van der Waals surface area (Å²) in [5.41, 5.74) is 1.23. The van der Waals surface area contributed by atoms with Crippen molar-refractivity contribution in [3.8, 4) is 0 Å². The topological polar surface area (TPSA) is 66.5 Å². The van der Waals surface area contributed by atoms with Crippen molar-refractivity contribution in [3.05, 3.63) is 88.6 Å². The van der Waals surface area contributed by atoms with E-state index in [1.54, 1.807) is 36.4 Å². The fourth-order valence-corrected chi connectivity index (χ4v) is 4.42. The van der Waals surface area contributed by atoms with Gasteiger partial charge in [-0.05, 0) is 55.0 Å². The molecule has 5 nitrogen and oxygen atoms in total. The summed E-state index contributed by atoms with van der Waals surface area (Å²) in [6, 6.07) is 18.3. The summed E-state index contributed by atoms with van der Waals surface area (Å²) in [6.07, 6.45) is 0. The highest BCUT2D eigenvalue weighted by Gasteiger charge is 2.29. The molecule has 150 valence electrons. The smallest absolute Gasteiger partial charge is 0.264 e. The van der Waals surface area contributed by atoms with Crippen LogP contribution in [0.25, 0.3) is 0 Å². The monoisotopic (exact) mass is 476 g/mol. The minimum absolute atomic E-state index is 0.0319. The first-order valence-electron chi connectivity index (χ1n) is 8.67. The molecule has 0 atom stereocenters. The molecule has 29 heavy (non-hydrogen) atoms. The fourth-order valence-electron chi connectivity index (χ4n) is 2.73. The van der Waals surface area contributed by atoms with Crippen LogP contribution in [0, 0.1) is 12.7 Å². The van der Waals surface area contributed by atoms with Gasteiger partial charge in [0.15, 0.2) is 0 Å². The second-order valence-corrected chi connectivity index (χ2v) is 9.00. The van der Waals surface area contributed by atoms with Gasteiger partial charge in [0.25, 0.3) is 10.0 Å². The Morgan fingerprint density at radius 3 is 2.34 bits per heavy atom. The van der Waals surface area contributed by atoms with Crippen molar-refractivity contribution in [1.82, 2.24) is 0 Å². The van der Waals surface area contributed by atoms with Gasteiger partial charge in [0.2, 0.25) is 5.91 Å². The number of rotatable bonds is 6. The molecule has 1 amide bonds. The van der Waals surface area contributed by atoms with E-state index in [-0.39, 0.29) is 10.6 Å². The Morgan fingerprint density at radius 1 is 1.03 bits per heavy atom. The highest BCUT2D eigenvalue weighted by Crippen LogP contribution is 2.26. The highest BCUT2D eigenvalue weighted by atomic mass is 79.9. The quantitative estimate of drug-likeness (QED) is 0.558. The second-order valence-electron chi connectivity index (χ2n) is 6.29. The molecular formula is C21H18BrFN2O3S. The van der Waals surface area contributed by atoms with Gasteiger partial charge in [0, 0.05) is 10.2 Å². The van der Waals surface area contributed by atoms with Crippen LogP contribution in [0.1, 0.15) is 5.56 Å². The van der Waals surface area contributed by atoms with E-state index in [9.17, 15) is 17.6 Å². The number of halogens is 2. The number of nitrogens with zero attached hydrogens (tertiary/aromatic N) is 1. The van der Waals surface area contributed by atoms with Crippen LogP contribution in [-0.4, -0.2) is 20.9 Å². The molecule has 0 radical (unpaired) electrons. The van der Waals surface area contributed by atoms with Gasteiger partial charge in [0.05, 0.1) is 10.6 Å². The van der Waals surface area contributed by atoms with Crippen LogP contribution in [0.4, 0.5) is 15.8 Å². The molecule has 3 aromatic rings. The third-order valence-corrected chi connectivity index (χ3v) is 6.84. The van der Waals surface area contributed by atoms with Crippen LogP contribution < -0.4 is 9.62 Å². The number of para-hydroxylation sites is 1. The molecule has 0 fully saturated rings. The van der Waals surface area contributed by atoms with E-state index < -0.39 is 28.3 Å². The van der Waals surface area contributed by atoms with E-state index in [0.29, 0.717) is 5.69 Å². The molecule has 0 bridgehead atoms. The molecule has 1 N–H and O–H groups in total. The summed E-state index contributed by atoms with van der Waals surface area (Å²) in [4.78, 5) is 12.6. The lowest BCUT2D eigenvalue weighted by Gasteiger charge is -2.24. The Kier molecular flexibility index (Phi) is 6.34. The maximum absolute atomic E-state index is 14.4. The van der Waals surface area contributed by atoms with Crippen LogP contribution in [0.5, 0.6) is 0 Å². The number of nitrogens with one attached hydrogen (secondary N) is 1. The molecule has 0 aliphatic carbocycles. The first kappa shape index (κ1) is 21.0. The first-order chi connectivity index (χ1) is 13.8. The number of hydrogen-bond donors (Lipinski definition) is 1. The zero-order chi connectivity index (χ0) is 21.0. The normalized spacial score (nSPS) is 11.1. The van der Waals surface area contributed by atoms with E-state index >= 15 is 0 Å². The molecule has 0 unspecified atom stereocenters. The third kappa shape index (κ3) is 4.83. The van der Waals surface area contributed by atoms with Crippen molar-refractivity contribution in [2.24, 2.45) is 0 Å². The summed E-state index contributed by atoms with van der Waals surface area (Å²) >= 11 is 3.38. The highest BCUT2D eigenvalue weighted by molar-refractivity contribution is 9.10. The molecule has 0 saturated heterocycles. The summed E-state index contributed by atoms with van der Waals surface area (Å²) in [6.45, 7) is 1.29. The van der Waals surface area contributed by atoms with Crippen LogP contribution >= 0.6 is 15.9 Å². The molecule has 0 aliphatic heterocycles. The Hall–Kier alpha value is -2.71. The summed E-state index contributed by atoms with van der Waals surface area (Å²) in [5.74, 6) is -1.33. The maximum atomic E-state index is 14.4. The van der Waals surface area contributed by atoms with E-state index in [0.717, 1.165) is 20.4 Å². The Balaban J connectivity index is 1.94. The van der Waals surface area contributed by atoms with Crippen molar-refractivity contribution in [3.63, 3.8) is 0 Å². The van der Waals surface area contributed by atoms with E-state index in [1.165, 1.54) is 30.3 Å². The lowest BCUT2D eigenvalue weighted by Crippen LogP contribution is -2.38. The summed E-state index contributed by atoms with van der Waals surface area (Å²) in [5, 5.41) is 2.66. The maximum Gasteiger partial charge on any atom is 0.264 e. The Labute approximate surface area is 177 Å². The SMILES string of the molecule is Cc1cc(NC(=O)CN(c2ccccc2F)S(=O)(=O)c2ccccc2)ccc1Br. The number of hydrogen-bond acceptors (Lipinski definition) is 3. The lowest BCUT2D eigenvalue weighted by molar-refractivity contribution is -0.114. The minimum atomic E-state index is -4.15. The number of carbonyl (C=O) groups excluding carboxylic acids is 1. The average molecular weight is 477 g/mol. The van der Waals surface area contributed by atoms with Gasteiger partial charge in [-0.25, -0.2) is 12.8 Å². The molecule has 0 aliphatic rings. The van der Waals surface area contributed by atoms with E-state index in [1.807, 2.05) is 6.92 Å². The fraction of sp³-hybridized carbons (Fsp3) is 0.0952. The number of sulfonamides is 1. The molecule has 8 heteroatoms. The molecule has 3 aromatic carbocycles. The van der Waals surface area contributed by atoms with Crippen LogP contribution in [0.15, 0.2) is 82.2 Å². The van der Waals surface area contributed by atoms with Crippen molar-refractivity contribution in [2.45, 2.75) is 11.8 Å². The largest absolute Gasteiger partial charge is 0.325 e. The van der Waals surface area contributed by atoms with Crippen LogP contribution in [-0.2, 0) is 14.8 Å². The van der Waals surface area contributed by atoms with Crippen molar-refractivity contribution in [2.75, 3.05) is 16.2 Å². The van der Waals surface area contributed by atoms with Gasteiger partial charge in [-0.1, -0.05) is 46.3 Å². The van der Waals surface area contributed by atoms with Gasteiger partial charge in [-0.15, -0.1) is 0 Å². The Bertz CT molecular complexity index is 1140. The van der Waals surface area contributed by atoms with E-state index in [2.05, 4.69) is 21.2 Å². The van der Waals surface area contributed by atoms with Crippen molar-refractivity contribution >= 4 is 43.2 Å². The van der Waals surface area contributed by atoms with Crippen LogP contribution in [0.2, 0.25) is 0 Å². The van der Waals surface area contributed by atoms with Gasteiger partial charge >= 0.3 is 0 Å². The summed E-state index contributed by atoms with van der Waals surface area (Å²) in [7, 11) is -4.15. The van der Waals surface area contributed by atoms with Gasteiger partial charge < -0.3 is 5.32 Å². The van der Waals surface area contributed by atoms with Crippen molar-refractivity contribution < 1.29 is 17.6 Å². The van der Waals surface area contributed by atoms with Gasteiger partial charge in [-0.2, -0.15) is 0 Å². The number of carbonyl (C=O) groups is 1. The Morgan fingerprint density at radius 2 is 1.69 bits per heavy atom. The zero-order valence-corrected chi connectivity index (χ0v) is 17.9. The minimum Gasteiger partial charge on any atom is -0.325 e. The number of benzene rings is 3. The van der Waals surface area contributed by atoms with Crippen LogP contribution in [0.3, 0.4) is 0 Å². The lowest BCUT2D eigenvalue weighted by atomic mass is 10.2. The molecule has 3 rings (SSSR count). The summed E-state index contributed by atoms with van der Waals surface area (Å²) < 4.78 is 42.4. The second kappa shape index (κ2) is 8.75. The first-order valence-corrected chi connectivity index (χ1v) is 10.9. The zero-order valence-electron chi connectivity index (χ0n) is 15.5. The standard InChI is InChI=1S/C21H18BrFN2O3S/c1-15-13-16(11-12-18(15)22)24-21(26)14-25(20-10-6-5-9-19(20)23)29(27,28)17-7-3-2-4-8-17/h2-13H,14H2,1H3,(H,24,26). The number of aryl methyl sites for hydroxylation is 1. The number of amides is 1. The molecule has 0 saturated carbocycles. The van der Waals surface area contributed by atoms with Crippen molar-refractivity contribution in [1.29, 1.82) is 0 Å². The molecule has 0 aromatic heterocycles. The third-order valence-electron chi connectivity index (χ3n) is 4.18.